The molecule has 2 rings (SSSR count). The number of hydrogen-bond donors (Lipinski definition) is 4. The second kappa shape index (κ2) is 8.82. The summed E-state index contributed by atoms with van der Waals surface area (Å²) in [6.45, 7) is 7.38. The predicted octanol–water partition coefficient (Wildman–Crippen LogP) is -0.168. The first-order chi connectivity index (χ1) is 11.8. The predicted molar refractivity (Wildman–Crippen MR) is 91.9 cm³/mol. The molecule has 144 valence electrons. The van der Waals surface area contributed by atoms with Crippen molar-refractivity contribution in [1.82, 2.24) is 15.5 Å². The van der Waals surface area contributed by atoms with Gasteiger partial charge in [-0.15, -0.1) is 0 Å². The molecule has 0 aromatic carbocycles. The van der Waals surface area contributed by atoms with Gasteiger partial charge in [-0.1, -0.05) is 6.92 Å². The number of rotatable bonds is 5. The minimum atomic E-state index is -1.13. The standard InChI is InChI=1S/C17H31N3O5/c1-10(2)19-17(24)18-9-13-16(23)15(22)12(25-13)8-14(21)20-6-4-11(3)5-7-20/h10-13,15-16,22-23H,4-9H2,1-3H3,(H2,18,19,24)/t12-,13+,15-,16+/m0/s1. The van der Waals surface area contributed by atoms with Crippen LogP contribution in [0.2, 0.25) is 0 Å². The third kappa shape index (κ3) is 5.55. The SMILES string of the molecule is CC1CCN(C(=O)C[C@@H]2O[C@H](CNC(=O)NC(C)C)[C@@H](O)[C@H]2O)CC1. The summed E-state index contributed by atoms with van der Waals surface area (Å²) in [7, 11) is 0. The number of amides is 3. The lowest BCUT2D eigenvalue weighted by atomic mass is 9.98. The fourth-order valence-corrected chi connectivity index (χ4v) is 3.23. The molecular formula is C17H31N3O5. The highest BCUT2D eigenvalue weighted by molar-refractivity contribution is 5.77. The van der Waals surface area contributed by atoms with Gasteiger partial charge >= 0.3 is 6.03 Å². The van der Waals surface area contributed by atoms with Crippen LogP contribution >= 0.6 is 0 Å². The number of nitrogens with one attached hydrogen (secondary N) is 2. The van der Waals surface area contributed by atoms with Crippen molar-refractivity contribution in [2.75, 3.05) is 19.6 Å². The first kappa shape index (κ1) is 19.9. The van der Waals surface area contributed by atoms with E-state index < -0.39 is 24.4 Å². The first-order valence-corrected chi connectivity index (χ1v) is 9.11. The van der Waals surface area contributed by atoms with Gasteiger partial charge in [0.2, 0.25) is 5.91 Å². The fourth-order valence-electron chi connectivity index (χ4n) is 3.23. The second-order valence-electron chi connectivity index (χ2n) is 7.47. The maximum absolute atomic E-state index is 12.4. The molecule has 25 heavy (non-hydrogen) atoms. The van der Waals surface area contributed by atoms with Gasteiger partial charge in [0.15, 0.2) is 0 Å². The van der Waals surface area contributed by atoms with Crippen molar-refractivity contribution < 1.29 is 24.5 Å². The maximum atomic E-state index is 12.4. The third-order valence-corrected chi connectivity index (χ3v) is 4.86. The van der Waals surface area contributed by atoms with E-state index in [1.54, 1.807) is 4.90 Å². The van der Waals surface area contributed by atoms with Crippen LogP contribution in [0.5, 0.6) is 0 Å². The minimum absolute atomic E-state index is 0.00218. The van der Waals surface area contributed by atoms with Crippen LogP contribution in [0, 0.1) is 5.92 Å². The van der Waals surface area contributed by atoms with E-state index >= 15 is 0 Å². The molecule has 2 aliphatic heterocycles. The number of aliphatic hydroxyl groups excluding tert-OH is 2. The average Bonchev–Trinajstić information content (AvgIpc) is 2.81. The van der Waals surface area contributed by atoms with E-state index in [2.05, 4.69) is 17.6 Å². The Morgan fingerprint density at radius 3 is 2.36 bits per heavy atom. The van der Waals surface area contributed by atoms with Crippen LogP contribution in [0.1, 0.15) is 40.0 Å². The Morgan fingerprint density at radius 1 is 1.16 bits per heavy atom. The minimum Gasteiger partial charge on any atom is -0.388 e. The molecule has 3 amide bonds. The van der Waals surface area contributed by atoms with Crippen molar-refractivity contribution in [2.45, 2.75) is 70.5 Å². The Hall–Kier alpha value is -1.38. The Kier molecular flexibility index (Phi) is 7.04. The molecule has 0 saturated carbocycles. The van der Waals surface area contributed by atoms with Gasteiger partial charge in [0.05, 0.1) is 12.5 Å². The maximum Gasteiger partial charge on any atom is 0.315 e. The molecule has 0 spiro atoms. The Morgan fingerprint density at radius 2 is 1.76 bits per heavy atom. The Balaban J connectivity index is 1.80. The monoisotopic (exact) mass is 357 g/mol. The molecule has 2 saturated heterocycles. The van der Waals surface area contributed by atoms with Gasteiger partial charge < -0.3 is 30.5 Å². The van der Waals surface area contributed by atoms with E-state index in [0.717, 1.165) is 25.9 Å². The lowest BCUT2D eigenvalue weighted by Gasteiger charge is -2.31. The number of urea groups is 1. The van der Waals surface area contributed by atoms with Crippen LogP contribution in [-0.2, 0) is 9.53 Å². The van der Waals surface area contributed by atoms with E-state index in [1.807, 2.05) is 13.8 Å². The number of piperidine rings is 1. The van der Waals surface area contributed by atoms with Gasteiger partial charge in [0, 0.05) is 25.7 Å². The summed E-state index contributed by atoms with van der Waals surface area (Å²) < 4.78 is 5.63. The summed E-state index contributed by atoms with van der Waals surface area (Å²) in [6.07, 6.45) is -1.72. The summed E-state index contributed by atoms with van der Waals surface area (Å²) >= 11 is 0. The van der Waals surface area contributed by atoms with Crippen molar-refractivity contribution in [2.24, 2.45) is 5.92 Å². The molecule has 4 N–H and O–H groups in total. The normalized spacial score (nSPS) is 30.6. The van der Waals surface area contributed by atoms with E-state index in [1.165, 1.54) is 0 Å². The fraction of sp³-hybridized carbons (Fsp3) is 0.882. The van der Waals surface area contributed by atoms with Crippen LogP contribution in [0.15, 0.2) is 0 Å². The largest absolute Gasteiger partial charge is 0.388 e. The Labute approximate surface area is 148 Å². The zero-order valence-corrected chi connectivity index (χ0v) is 15.3. The summed E-state index contributed by atoms with van der Waals surface area (Å²) in [5.74, 6) is 0.570. The summed E-state index contributed by atoms with van der Waals surface area (Å²) in [4.78, 5) is 25.8. The number of carbonyl (C=O) groups excluding carboxylic acids is 2. The molecular weight excluding hydrogens is 326 g/mol. The highest BCUT2D eigenvalue weighted by atomic mass is 16.5. The van der Waals surface area contributed by atoms with Gasteiger partial charge in [-0.05, 0) is 32.6 Å². The number of carbonyl (C=O) groups is 2. The zero-order valence-electron chi connectivity index (χ0n) is 15.3. The van der Waals surface area contributed by atoms with Gasteiger partial charge in [-0.25, -0.2) is 4.79 Å². The molecule has 4 atom stereocenters. The van der Waals surface area contributed by atoms with Crippen LogP contribution in [0.25, 0.3) is 0 Å². The lowest BCUT2D eigenvalue weighted by Crippen LogP contribution is -2.45. The Bertz CT molecular complexity index is 465. The number of ether oxygens (including phenoxy) is 1. The molecule has 8 heteroatoms. The first-order valence-electron chi connectivity index (χ1n) is 9.11. The second-order valence-corrected chi connectivity index (χ2v) is 7.47. The van der Waals surface area contributed by atoms with Crippen molar-refractivity contribution in [3.63, 3.8) is 0 Å². The van der Waals surface area contributed by atoms with Crippen LogP contribution in [-0.4, -0.2) is 77.1 Å². The highest BCUT2D eigenvalue weighted by Gasteiger charge is 2.43. The van der Waals surface area contributed by atoms with Crippen LogP contribution in [0.3, 0.4) is 0 Å². The zero-order chi connectivity index (χ0) is 18.6. The van der Waals surface area contributed by atoms with Gasteiger partial charge in [0.1, 0.15) is 18.3 Å². The number of nitrogens with zero attached hydrogens (tertiary/aromatic N) is 1. The van der Waals surface area contributed by atoms with E-state index in [-0.39, 0.29) is 30.9 Å². The number of likely N-dealkylation sites (tertiary alicyclic amines) is 1. The van der Waals surface area contributed by atoms with Crippen molar-refractivity contribution in [3.05, 3.63) is 0 Å². The van der Waals surface area contributed by atoms with Crippen LogP contribution < -0.4 is 10.6 Å². The van der Waals surface area contributed by atoms with E-state index in [0.29, 0.717) is 5.92 Å². The highest BCUT2D eigenvalue weighted by Crippen LogP contribution is 2.25. The van der Waals surface area contributed by atoms with Crippen molar-refractivity contribution >= 4 is 11.9 Å². The molecule has 0 aromatic heterocycles. The molecule has 0 unspecified atom stereocenters. The summed E-state index contributed by atoms with van der Waals surface area (Å²) in [5.41, 5.74) is 0. The van der Waals surface area contributed by atoms with Crippen molar-refractivity contribution in [1.29, 1.82) is 0 Å². The average molecular weight is 357 g/mol. The number of hydrogen-bond acceptors (Lipinski definition) is 5. The van der Waals surface area contributed by atoms with Crippen molar-refractivity contribution in [3.8, 4) is 0 Å². The van der Waals surface area contributed by atoms with Crippen LogP contribution in [0.4, 0.5) is 4.79 Å². The lowest BCUT2D eigenvalue weighted by molar-refractivity contribution is -0.136. The van der Waals surface area contributed by atoms with Gasteiger partial charge in [-0.2, -0.15) is 0 Å². The van der Waals surface area contributed by atoms with E-state index in [9.17, 15) is 19.8 Å². The third-order valence-electron chi connectivity index (χ3n) is 4.86. The van der Waals surface area contributed by atoms with E-state index in [4.69, 9.17) is 4.74 Å². The molecule has 2 aliphatic rings. The quantitative estimate of drug-likeness (QED) is 0.546. The molecule has 0 radical (unpaired) electrons. The number of aliphatic hydroxyl groups is 2. The topological polar surface area (TPSA) is 111 Å². The summed E-state index contributed by atoms with van der Waals surface area (Å²) in [5, 5.41) is 25.5. The summed E-state index contributed by atoms with van der Waals surface area (Å²) in [6, 6.07) is -0.361. The van der Waals surface area contributed by atoms with Gasteiger partial charge in [0.25, 0.3) is 0 Å². The molecule has 8 nitrogen and oxygen atoms in total. The molecule has 0 aromatic rings. The molecule has 0 aliphatic carbocycles. The molecule has 2 heterocycles. The molecule has 2 fully saturated rings. The van der Waals surface area contributed by atoms with Gasteiger partial charge in [-0.3, -0.25) is 4.79 Å². The smallest absolute Gasteiger partial charge is 0.315 e. The molecule has 0 bridgehead atoms.